The van der Waals surface area contributed by atoms with Crippen molar-refractivity contribution in [3.63, 3.8) is 0 Å². The van der Waals surface area contributed by atoms with Gasteiger partial charge in [-0.25, -0.2) is 0 Å². The number of carbonyl (C=O) groups is 1. The fraction of sp³-hybridized carbons (Fsp3) is 0.0667. The topological polar surface area (TPSA) is 105 Å². The number of nitrogens with zero attached hydrogens (tertiary/aromatic N) is 1. The van der Waals surface area contributed by atoms with Crippen molar-refractivity contribution in [2.45, 2.75) is 6.92 Å². The number of aromatic nitrogens is 1. The molecule has 110 valence electrons. The Hall–Kier alpha value is -3.22. The van der Waals surface area contributed by atoms with Gasteiger partial charge in [-0.15, -0.1) is 0 Å². The van der Waals surface area contributed by atoms with E-state index < -0.39 is 22.1 Å². The van der Waals surface area contributed by atoms with E-state index in [2.05, 4.69) is 10.3 Å². The van der Waals surface area contributed by atoms with Crippen molar-refractivity contribution in [2.24, 2.45) is 0 Å². The first-order chi connectivity index (χ1) is 10.5. The summed E-state index contributed by atoms with van der Waals surface area (Å²) in [6.07, 6.45) is 0. The molecule has 0 fully saturated rings. The number of hydrogen-bond donors (Lipinski definition) is 2. The van der Waals surface area contributed by atoms with Crippen LogP contribution in [0.1, 0.15) is 6.92 Å². The molecule has 1 heterocycles. The molecule has 2 N–H and O–H groups in total. The van der Waals surface area contributed by atoms with Crippen molar-refractivity contribution >= 4 is 39.0 Å². The van der Waals surface area contributed by atoms with Crippen LogP contribution in [-0.2, 0) is 4.79 Å². The van der Waals surface area contributed by atoms with E-state index in [1.807, 2.05) is 0 Å². The maximum absolute atomic E-state index is 12.3. The van der Waals surface area contributed by atoms with Gasteiger partial charge >= 0.3 is 5.69 Å². The second-order valence-corrected chi connectivity index (χ2v) is 4.82. The normalized spacial score (nSPS) is 10.8. The minimum Gasteiger partial charge on any atom is -0.321 e. The maximum atomic E-state index is 12.3. The molecule has 0 bridgehead atoms. The summed E-state index contributed by atoms with van der Waals surface area (Å²) >= 11 is 0. The smallest absolute Gasteiger partial charge is 0.306 e. The number of amides is 1. The first kappa shape index (κ1) is 13.7. The Kier molecular flexibility index (Phi) is 3.10. The molecular weight excluding hydrogens is 286 g/mol. The van der Waals surface area contributed by atoms with E-state index in [4.69, 9.17) is 0 Å². The molecule has 22 heavy (non-hydrogen) atoms. The van der Waals surface area contributed by atoms with Gasteiger partial charge in [0.25, 0.3) is 5.56 Å². The number of fused-ring (bicyclic) bond motifs is 3. The van der Waals surface area contributed by atoms with Crippen molar-refractivity contribution in [3.05, 3.63) is 56.9 Å². The molecule has 0 unspecified atom stereocenters. The summed E-state index contributed by atoms with van der Waals surface area (Å²) in [7, 11) is 0. The van der Waals surface area contributed by atoms with E-state index >= 15 is 0 Å². The van der Waals surface area contributed by atoms with Gasteiger partial charge in [0.2, 0.25) is 5.91 Å². The lowest BCUT2D eigenvalue weighted by molar-refractivity contribution is -0.382. The molecule has 1 aromatic heterocycles. The fourth-order valence-corrected chi connectivity index (χ4v) is 2.54. The van der Waals surface area contributed by atoms with Gasteiger partial charge in [0.15, 0.2) is 0 Å². The van der Waals surface area contributed by atoms with Crippen LogP contribution in [0.25, 0.3) is 21.7 Å². The number of hydrogen-bond acceptors (Lipinski definition) is 4. The Balaban J connectivity index is 2.51. The van der Waals surface area contributed by atoms with Crippen LogP contribution >= 0.6 is 0 Å². The maximum Gasteiger partial charge on any atom is 0.306 e. The molecule has 3 aromatic rings. The Morgan fingerprint density at radius 2 is 1.91 bits per heavy atom. The van der Waals surface area contributed by atoms with E-state index in [0.29, 0.717) is 16.3 Å². The summed E-state index contributed by atoms with van der Waals surface area (Å²) in [5.41, 5.74) is -0.361. The Bertz CT molecular complexity index is 991. The number of H-pyrrole nitrogens is 1. The summed E-state index contributed by atoms with van der Waals surface area (Å²) in [5, 5.41) is 14.9. The third-order valence-electron chi connectivity index (χ3n) is 3.36. The number of para-hydroxylation sites is 1. The number of nitro benzene ring substituents is 1. The highest BCUT2D eigenvalue weighted by atomic mass is 16.6. The van der Waals surface area contributed by atoms with Crippen LogP contribution in [-0.4, -0.2) is 15.8 Å². The molecule has 0 saturated carbocycles. The zero-order valence-corrected chi connectivity index (χ0v) is 11.5. The predicted molar refractivity (Wildman–Crippen MR) is 83.0 cm³/mol. The number of aromatic amines is 1. The average Bonchev–Trinajstić information content (AvgIpc) is 2.46. The first-order valence-electron chi connectivity index (χ1n) is 6.49. The number of carbonyl (C=O) groups excluding carboxylic acids is 1. The highest BCUT2D eigenvalue weighted by Crippen LogP contribution is 2.34. The zero-order valence-electron chi connectivity index (χ0n) is 11.5. The van der Waals surface area contributed by atoms with Crippen LogP contribution in [0, 0.1) is 10.1 Å². The number of nitrogens with one attached hydrogen (secondary N) is 2. The van der Waals surface area contributed by atoms with Crippen LogP contribution < -0.4 is 10.9 Å². The molecular formula is C15H11N3O4. The van der Waals surface area contributed by atoms with Crippen molar-refractivity contribution in [2.75, 3.05) is 5.32 Å². The molecule has 0 spiro atoms. The zero-order chi connectivity index (χ0) is 15.9. The van der Waals surface area contributed by atoms with Crippen LogP contribution in [0.15, 0.2) is 41.2 Å². The second-order valence-electron chi connectivity index (χ2n) is 4.82. The third kappa shape index (κ3) is 2.08. The molecule has 0 radical (unpaired) electrons. The van der Waals surface area contributed by atoms with E-state index in [9.17, 15) is 19.7 Å². The van der Waals surface area contributed by atoms with E-state index in [1.165, 1.54) is 13.0 Å². The summed E-state index contributed by atoms with van der Waals surface area (Å²) in [5.74, 6) is -0.445. The summed E-state index contributed by atoms with van der Waals surface area (Å²) in [6.45, 7) is 1.25. The fourth-order valence-electron chi connectivity index (χ4n) is 2.54. The molecule has 7 heteroatoms. The molecule has 1 amide bonds. The van der Waals surface area contributed by atoms with Crippen LogP contribution in [0.2, 0.25) is 0 Å². The highest BCUT2D eigenvalue weighted by Gasteiger charge is 2.23. The van der Waals surface area contributed by atoms with E-state index in [0.717, 1.165) is 0 Å². The standard InChI is InChI=1S/C15H11N3O4/c1-8(19)16-12-7-6-10-9-4-2-3-5-11(9)17-15(20)13(10)14(12)18(21)22/h2-7H,1H3,(H,16,19)(H,17,20). The van der Waals surface area contributed by atoms with Crippen molar-refractivity contribution in [1.29, 1.82) is 0 Å². The van der Waals surface area contributed by atoms with Gasteiger partial charge in [-0.05, 0) is 12.1 Å². The monoisotopic (exact) mass is 297 g/mol. The Labute approximate surface area is 123 Å². The second kappa shape index (κ2) is 4.96. The third-order valence-corrected chi connectivity index (χ3v) is 3.36. The van der Waals surface area contributed by atoms with Gasteiger partial charge in [-0.1, -0.05) is 24.3 Å². The van der Waals surface area contributed by atoms with Crippen LogP contribution in [0.4, 0.5) is 11.4 Å². The van der Waals surface area contributed by atoms with Gasteiger partial charge in [0.1, 0.15) is 11.1 Å². The van der Waals surface area contributed by atoms with Crippen LogP contribution in [0.3, 0.4) is 0 Å². The minimum absolute atomic E-state index is 0.00535. The quantitative estimate of drug-likeness (QED) is 0.430. The van der Waals surface area contributed by atoms with Gasteiger partial charge in [-0.3, -0.25) is 19.7 Å². The largest absolute Gasteiger partial charge is 0.321 e. The summed E-state index contributed by atoms with van der Waals surface area (Å²) in [6, 6.07) is 10.1. The van der Waals surface area contributed by atoms with Crippen molar-refractivity contribution in [1.82, 2.24) is 4.98 Å². The average molecular weight is 297 g/mol. The molecule has 0 aliphatic rings. The number of benzene rings is 2. The van der Waals surface area contributed by atoms with Gasteiger partial charge in [0, 0.05) is 23.2 Å². The van der Waals surface area contributed by atoms with Crippen molar-refractivity contribution < 1.29 is 9.72 Å². The number of pyridine rings is 1. The van der Waals surface area contributed by atoms with E-state index in [1.54, 1.807) is 30.3 Å². The highest BCUT2D eigenvalue weighted by molar-refractivity contribution is 6.11. The number of anilines is 1. The molecule has 0 saturated heterocycles. The summed E-state index contributed by atoms with van der Waals surface area (Å²) in [4.78, 5) is 36.9. The molecule has 0 atom stereocenters. The lowest BCUT2D eigenvalue weighted by Gasteiger charge is -2.08. The molecule has 0 aliphatic heterocycles. The molecule has 3 rings (SSSR count). The van der Waals surface area contributed by atoms with Crippen molar-refractivity contribution in [3.8, 4) is 0 Å². The van der Waals surface area contributed by atoms with Gasteiger partial charge < -0.3 is 10.3 Å². The van der Waals surface area contributed by atoms with Gasteiger partial charge in [-0.2, -0.15) is 0 Å². The minimum atomic E-state index is -0.655. The Morgan fingerprint density at radius 1 is 1.18 bits per heavy atom. The van der Waals surface area contributed by atoms with Crippen LogP contribution in [0.5, 0.6) is 0 Å². The number of rotatable bonds is 2. The molecule has 7 nitrogen and oxygen atoms in total. The lowest BCUT2D eigenvalue weighted by Crippen LogP contribution is -2.13. The predicted octanol–water partition coefficient (Wildman–Crippen LogP) is 2.55. The Morgan fingerprint density at radius 3 is 2.59 bits per heavy atom. The first-order valence-corrected chi connectivity index (χ1v) is 6.49. The summed E-state index contributed by atoms with van der Waals surface area (Å²) < 4.78 is 0. The lowest BCUT2D eigenvalue weighted by atomic mass is 10.0. The molecule has 2 aromatic carbocycles. The number of nitro groups is 1. The van der Waals surface area contributed by atoms with Gasteiger partial charge in [0.05, 0.1) is 4.92 Å². The molecule has 0 aliphatic carbocycles. The SMILES string of the molecule is CC(=O)Nc1ccc2c(c1[N+](=O)[O-])c(=O)[nH]c1ccccc12. The van der Waals surface area contributed by atoms with E-state index in [-0.39, 0.29) is 11.1 Å².